The predicted molar refractivity (Wildman–Crippen MR) is 112 cm³/mol. The maximum atomic E-state index is 13.3. The first-order valence-corrected chi connectivity index (χ1v) is 10.2. The van der Waals surface area contributed by atoms with Gasteiger partial charge in [-0.2, -0.15) is 15.0 Å². The molecule has 2 heterocycles. The third-order valence-electron chi connectivity index (χ3n) is 4.41. The van der Waals surface area contributed by atoms with E-state index in [1.54, 1.807) is 12.1 Å². The van der Waals surface area contributed by atoms with Crippen LogP contribution < -0.4 is 16.4 Å². The molecule has 0 aliphatic carbocycles. The van der Waals surface area contributed by atoms with Gasteiger partial charge in [0, 0.05) is 31.8 Å². The van der Waals surface area contributed by atoms with Gasteiger partial charge in [-0.25, -0.2) is 4.39 Å². The maximum Gasteiger partial charge on any atom is 0.228 e. The maximum absolute atomic E-state index is 13.3. The molecule has 1 aromatic heterocycles. The standard InChI is InChI=1S/C20H29FN6O3/c21-16-5-3-15(4-6-16)18-25-19(23-8-11-29-13-12-28-10-7-22)27-20(26-18)24-14-17-2-1-9-30-17/h3-6,17H,1-2,7-14,22H2,(H2,23,24,25,26,27). The molecule has 1 unspecified atom stereocenters. The highest BCUT2D eigenvalue weighted by atomic mass is 19.1. The molecule has 1 aliphatic rings. The van der Waals surface area contributed by atoms with E-state index in [1.165, 1.54) is 12.1 Å². The van der Waals surface area contributed by atoms with Gasteiger partial charge in [-0.1, -0.05) is 0 Å². The van der Waals surface area contributed by atoms with Crippen molar-refractivity contribution in [1.82, 2.24) is 15.0 Å². The number of rotatable bonds is 13. The molecule has 4 N–H and O–H groups in total. The van der Waals surface area contributed by atoms with Crippen LogP contribution >= 0.6 is 0 Å². The van der Waals surface area contributed by atoms with Gasteiger partial charge >= 0.3 is 0 Å². The lowest BCUT2D eigenvalue weighted by Gasteiger charge is -2.13. The van der Waals surface area contributed by atoms with E-state index in [0.29, 0.717) is 69.3 Å². The highest BCUT2D eigenvalue weighted by Crippen LogP contribution is 2.19. The van der Waals surface area contributed by atoms with Crippen molar-refractivity contribution in [1.29, 1.82) is 0 Å². The first kappa shape index (κ1) is 22.3. The third-order valence-corrected chi connectivity index (χ3v) is 4.41. The molecule has 1 atom stereocenters. The Bertz CT molecular complexity index is 759. The van der Waals surface area contributed by atoms with Gasteiger partial charge < -0.3 is 30.6 Å². The Morgan fingerprint density at radius 1 is 1.00 bits per heavy atom. The average molecular weight is 420 g/mol. The number of halogens is 1. The van der Waals surface area contributed by atoms with Gasteiger partial charge in [0.05, 0.1) is 32.5 Å². The van der Waals surface area contributed by atoms with Gasteiger partial charge in [0.1, 0.15) is 5.82 Å². The number of nitrogens with zero attached hydrogens (tertiary/aromatic N) is 3. The molecule has 0 spiro atoms. The molecule has 9 nitrogen and oxygen atoms in total. The number of hydrogen-bond donors (Lipinski definition) is 3. The highest BCUT2D eigenvalue weighted by molar-refractivity contribution is 5.57. The van der Waals surface area contributed by atoms with Crippen molar-refractivity contribution in [2.45, 2.75) is 18.9 Å². The predicted octanol–water partition coefficient (Wildman–Crippen LogP) is 1.67. The quantitative estimate of drug-likeness (QED) is 0.416. The van der Waals surface area contributed by atoms with Gasteiger partial charge in [-0.15, -0.1) is 0 Å². The van der Waals surface area contributed by atoms with Crippen molar-refractivity contribution in [3.8, 4) is 11.4 Å². The average Bonchev–Trinajstić information content (AvgIpc) is 3.28. The van der Waals surface area contributed by atoms with Crippen LogP contribution in [0.2, 0.25) is 0 Å². The summed E-state index contributed by atoms with van der Waals surface area (Å²) in [6, 6.07) is 6.05. The molecule has 10 heteroatoms. The number of nitrogens with two attached hydrogens (primary N) is 1. The lowest BCUT2D eigenvalue weighted by Crippen LogP contribution is -2.21. The fourth-order valence-corrected chi connectivity index (χ4v) is 2.91. The number of hydrogen-bond acceptors (Lipinski definition) is 9. The lowest BCUT2D eigenvalue weighted by molar-refractivity contribution is 0.0547. The van der Waals surface area contributed by atoms with E-state index in [4.69, 9.17) is 19.9 Å². The van der Waals surface area contributed by atoms with Gasteiger partial charge in [0.2, 0.25) is 11.9 Å². The number of aromatic nitrogens is 3. The normalized spacial score (nSPS) is 16.0. The molecule has 30 heavy (non-hydrogen) atoms. The third kappa shape index (κ3) is 7.45. The fraction of sp³-hybridized carbons (Fsp3) is 0.550. The second-order valence-corrected chi connectivity index (χ2v) is 6.77. The largest absolute Gasteiger partial charge is 0.378 e. The van der Waals surface area contributed by atoms with Crippen LogP contribution in [0.25, 0.3) is 11.4 Å². The Kier molecular flexibility index (Phi) is 9.16. The molecular weight excluding hydrogens is 391 g/mol. The van der Waals surface area contributed by atoms with Crippen molar-refractivity contribution in [3.05, 3.63) is 30.1 Å². The van der Waals surface area contributed by atoms with E-state index < -0.39 is 0 Å². The monoisotopic (exact) mass is 420 g/mol. The van der Waals surface area contributed by atoms with Crippen LogP contribution in [0.1, 0.15) is 12.8 Å². The van der Waals surface area contributed by atoms with Crippen molar-refractivity contribution in [2.75, 3.05) is 63.3 Å². The highest BCUT2D eigenvalue weighted by Gasteiger charge is 2.16. The SMILES string of the molecule is NCCOCCOCCNc1nc(NCC2CCCO2)nc(-c2ccc(F)cc2)n1. The summed E-state index contributed by atoms with van der Waals surface area (Å²) in [6.45, 7) is 4.44. The summed E-state index contributed by atoms with van der Waals surface area (Å²) in [5.41, 5.74) is 6.06. The minimum Gasteiger partial charge on any atom is -0.378 e. The first-order chi connectivity index (χ1) is 14.7. The van der Waals surface area contributed by atoms with Gasteiger partial charge in [-0.3, -0.25) is 0 Å². The molecule has 0 bridgehead atoms. The van der Waals surface area contributed by atoms with Crippen LogP contribution in [0.4, 0.5) is 16.3 Å². The smallest absolute Gasteiger partial charge is 0.228 e. The minimum atomic E-state index is -0.310. The summed E-state index contributed by atoms with van der Waals surface area (Å²) in [5.74, 6) is 1.01. The lowest BCUT2D eigenvalue weighted by atomic mass is 10.2. The Balaban J connectivity index is 1.58. The van der Waals surface area contributed by atoms with E-state index in [1.807, 2.05) is 0 Å². The molecule has 1 fully saturated rings. The van der Waals surface area contributed by atoms with Crippen molar-refractivity contribution in [2.24, 2.45) is 5.73 Å². The van der Waals surface area contributed by atoms with E-state index in [0.717, 1.165) is 19.4 Å². The molecule has 164 valence electrons. The first-order valence-electron chi connectivity index (χ1n) is 10.2. The fourth-order valence-electron chi connectivity index (χ4n) is 2.91. The zero-order chi connectivity index (χ0) is 21.0. The van der Waals surface area contributed by atoms with Crippen molar-refractivity contribution in [3.63, 3.8) is 0 Å². The van der Waals surface area contributed by atoms with E-state index in [9.17, 15) is 4.39 Å². The Hall–Kier alpha value is -2.40. The number of nitrogens with one attached hydrogen (secondary N) is 2. The summed E-state index contributed by atoms with van der Waals surface area (Å²) >= 11 is 0. The van der Waals surface area contributed by atoms with Gasteiger partial charge in [0.25, 0.3) is 0 Å². The summed E-state index contributed by atoms with van der Waals surface area (Å²) < 4.78 is 29.7. The molecule has 3 rings (SSSR count). The number of ether oxygens (including phenoxy) is 3. The van der Waals surface area contributed by atoms with E-state index >= 15 is 0 Å². The van der Waals surface area contributed by atoms with Crippen LogP contribution in [-0.4, -0.2) is 73.7 Å². The Labute approximate surface area is 175 Å². The van der Waals surface area contributed by atoms with E-state index in [2.05, 4.69) is 25.6 Å². The van der Waals surface area contributed by atoms with Crippen LogP contribution in [0.15, 0.2) is 24.3 Å². The van der Waals surface area contributed by atoms with Crippen LogP contribution in [0.3, 0.4) is 0 Å². The second-order valence-electron chi connectivity index (χ2n) is 6.77. The van der Waals surface area contributed by atoms with Crippen molar-refractivity contribution < 1.29 is 18.6 Å². The second kappa shape index (κ2) is 12.3. The minimum absolute atomic E-state index is 0.155. The van der Waals surface area contributed by atoms with Crippen molar-refractivity contribution >= 4 is 11.9 Å². The number of benzene rings is 1. The van der Waals surface area contributed by atoms with E-state index in [-0.39, 0.29) is 11.9 Å². The van der Waals surface area contributed by atoms with Crippen LogP contribution in [0.5, 0.6) is 0 Å². The summed E-state index contributed by atoms with van der Waals surface area (Å²) in [4.78, 5) is 13.3. The summed E-state index contributed by atoms with van der Waals surface area (Å²) in [6.07, 6.45) is 2.23. The molecule has 0 saturated carbocycles. The van der Waals surface area contributed by atoms with Gasteiger partial charge in [-0.05, 0) is 37.1 Å². The van der Waals surface area contributed by atoms with Crippen LogP contribution in [-0.2, 0) is 14.2 Å². The van der Waals surface area contributed by atoms with Gasteiger partial charge in [0.15, 0.2) is 5.82 Å². The Morgan fingerprint density at radius 3 is 2.43 bits per heavy atom. The molecule has 0 amide bonds. The molecule has 2 aromatic rings. The molecule has 1 aliphatic heterocycles. The topological polar surface area (TPSA) is 116 Å². The molecule has 0 radical (unpaired) electrons. The molecule has 1 aromatic carbocycles. The zero-order valence-electron chi connectivity index (χ0n) is 17.0. The Morgan fingerprint density at radius 2 is 1.73 bits per heavy atom. The van der Waals surface area contributed by atoms with Crippen LogP contribution in [0, 0.1) is 5.82 Å². The summed E-state index contributed by atoms with van der Waals surface area (Å²) in [5, 5.41) is 6.36. The number of anilines is 2. The molecular formula is C20H29FN6O3. The zero-order valence-corrected chi connectivity index (χ0v) is 17.0. The molecule has 1 saturated heterocycles. The summed E-state index contributed by atoms with van der Waals surface area (Å²) in [7, 11) is 0.